The van der Waals surface area contributed by atoms with E-state index in [4.69, 9.17) is 16.3 Å². The third kappa shape index (κ3) is 5.24. The Hall–Kier alpha value is -2.03. The molecule has 6 nitrogen and oxygen atoms in total. The summed E-state index contributed by atoms with van der Waals surface area (Å²) in [4.78, 5) is 15.2. The predicted octanol–water partition coefficient (Wildman–Crippen LogP) is 3.86. The Balaban J connectivity index is 1.52. The van der Waals surface area contributed by atoms with E-state index in [2.05, 4.69) is 10.2 Å². The van der Waals surface area contributed by atoms with E-state index in [0.29, 0.717) is 34.1 Å². The summed E-state index contributed by atoms with van der Waals surface area (Å²) in [5.41, 5.74) is 0. The highest BCUT2D eigenvalue weighted by atomic mass is 35.5. The molecule has 0 bridgehead atoms. The van der Waals surface area contributed by atoms with Crippen molar-refractivity contribution in [2.75, 3.05) is 12.8 Å². The summed E-state index contributed by atoms with van der Waals surface area (Å²) in [6.45, 7) is 0.868. The van der Waals surface area contributed by atoms with E-state index in [1.54, 1.807) is 28.4 Å². The van der Waals surface area contributed by atoms with Crippen LogP contribution in [0.5, 0.6) is 5.75 Å². The third-order valence-corrected chi connectivity index (χ3v) is 6.02. The van der Waals surface area contributed by atoms with E-state index in [9.17, 15) is 4.79 Å². The second-order valence-electron chi connectivity index (χ2n) is 5.79. The van der Waals surface area contributed by atoms with E-state index in [0.717, 1.165) is 4.88 Å². The zero-order chi connectivity index (χ0) is 19.2. The SMILES string of the molecule is CN(Cc1cccs1)C(=O)CSc1nnc(COc2ccccc2Cl)n1C. The molecule has 0 saturated carbocycles. The number of thiophene rings is 1. The van der Waals surface area contributed by atoms with Gasteiger partial charge in [-0.1, -0.05) is 41.6 Å². The highest BCUT2D eigenvalue weighted by molar-refractivity contribution is 7.99. The number of benzene rings is 1. The summed E-state index contributed by atoms with van der Waals surface area (Å²) in [6.07, 6.45) is 0. The first-order chi connectivity index (χ1) is 13.0. The number of amides is 1. The van der Waals surface area contributed by atoms with Gasteiger partial charge in [-0.3, -0.25) is 4.79 Å². The second-order valence-corrected chi connectivity index (χ2v) is 8.18. The molecule has 142 valence electrons. The van der Waals surface area contributed by atoms with Crippen molar-refractivity contribution in [1.29, 1.82) is 0 Å². The fourth-order valence-electron chi connectivity index (χ4n) is 2.26. The molecule has 0 unspecified atom stereocenters. The number of aromatic nitrogens is 3. The van der Waals surface area contributed by atoms with Crippen LogP contribution in [-0.4, -0.2) is 38.4 Å². The summed E-state index contributed by atoms with van der Waals surface area (Å²) in [6, 6.07) is 11.3. The molecule has 0 saturated heterocycles. The number of rotatable bonds is 8. The molecular formula is C18H19ClN4O2S2. The van der Waals surface area contributed by atoms with Gasteiger partial charge in [-0.2, -0.15) is 0 Å². The standard InChI is InChI=1S/C18H19ClN4O2S2/c1-22(10-13-6-5-9-26-13)17(24)12-27-18-21-20-16(23(18)2)11-25-15-8-4-3-7-14(15)19/h3-9H,10-12H2,1-2H3. The van der Waals surface area contributed by atoms with Gasteiger partial charge in [0.1, 0.15) is 12.4 Å². The zero-order valence-corrected chi connectivity index (χ0v) is 17.4. The zero-order valence-electron chi connectivity index (χ0n) is 15.0. The maximum atomic E-state index is 12.3. The Morgan fingerprint density at radius 2 is 2.11 bits per heavy atom. The lowest BCUT2D eigenvalue weighted by atomic mass is 10.3. The van der Waals surface area contributed by atoms with Crippen LogP contribution in [0.1, 0.15) is 10.7 Å². The number of thioether (sulfide) groups is 1. The van der Waals surface area contributed by atoms with Gasteiger partial charge in [0, 0.05) is 19.0 Å². The van der Waals surface area contributed by atoms with Gasteiger partial charge in [-0.05, 0) is 23.6 Å². The van der Waals surface area contributed by atoms with E-state index < -0.39 is 0 Å². The summed E-state index contributed by atoms with van der Waals surface area (Å²) < 4.78 is 7.53. The molecule has 3 rings (SSSR count). The van der Waals surface area contributed by atoms with Crippen LogP contribution in [0.25, 0.3) is 0 Å². The number of carbonyl (C=O) groups is 1. The van der Waals surface area contributed by atoms with E-state index >= 15 is 0 Å². The maximum absolute atomic E-state index is 12.3. The lowest BCUT2D eigenvalue weighted by molar-refractivity contribution is -0.127. The molecule has 0 N–H and O–H groups in total. The second kappa shape index (κ2) is 9.25. The van der Waals surface area contributed by atoms with Gasteiger partial charge in [-0.15, -0.1) is 21.5 Å². The number of hydrogen-bond acceptors (Lipinski definition) is 6. The van der Waals surface area contributed by atoms with Crippen LogP contribution in [0.2, 0.25) is 5.02 Å². The van der Waals surface area contributed by atoms with Crippen molar-refractivity contribution in [2.45, 2.75) is 18.3 Å². The average Bonchev–Trinajstić information content (AvgIpc) is 3.29. The highest BCUT2D eigenvalue weighted by Crippen LogP contribution is 2.24. The fraction of sp³-hybridized carbons (Fsp3) is 0.278. The van der Waals surface area contributed by atoms with Crippen molar-refractivity contribution in [3.8, 4) is 5.75 Å². The van der Waals surface area contributed by atoms with Crippen molar-refractivity contribution in [3.63, 3.8) is 0 Å². The number of nitrogens with zero attached hydrogens (tertiary/aromatic N) is 4. The molecule has 0 aliphatic rings. The number of halogens is 1. The Bertz CT molecular complexity index is 899. The van der Waals surface area contributed by atoms with Crippen molar-refractivity contribution in [1.82, 2.24) is 19.7 Å². The Morgan fingerprint density at radius 1 is 1.30 bits per heavy atom. The summed E-state index contributed by atoms with van der Waals surface area (Å²) in [5, 5.41) is 11.5. The van der Waals surface area contributed by atoms with Crippen molar-refractivity contribution >= 4 is 40.6 Å². The molecule has 9 heteroatoms. The number of hydrogen-bond donors (Lipinski definition) is 0. The van der Waals surface area contributed by atoms with Gasteiger partial charge < -0.3 is 14.2 Å². The number of ether oxygens (including phenoxy) is 1. The number of carbonyl (C=O) groups excluding carboxylic acids is 1. The van der Waals surface area contributed by atoms with Gasteiger partial charge >= 0.3 is 0 Å². The molecule has 2 heterocycles. The Morgan fingerprint density at radius 3 is 2.85 bits per heavy atom. The largest absolute Gasteiger partial charge is 0.484 e. The van der Waals surface area contributed by atoms with Crippen LogP contribution in [0, 0.1) is 0 Å². The smallest absolute Gasteiger partial charge is 0.233 e. The van der Waals surface area contributed by atoms with Gasteiger partial charge in [0.2, 0.25) is 5.91 Å². The van der Waals surface area contributed by atoms with Crippen LogP contribution in [0.15, 0.2) is 46.9 Å². The molecule has 0 fully saturated rings. The van der Waals surface area contributed by atoms with Crippen molar-refractivity contribution < 1.29 is 9.53 Å². The molecule has 3 aromatic rings. The van der Waals surface area contributed by atoms with Gasteiger partial charge in [0.05, 0.1) is 17.3 Å². The van der Waals surface area contributed by atoms with Gasteiger partial charge in [0.25, 0.3) is 0 Å². The molecule has 1 amide bonds. The van der Waals surface area contributed by atoms with Crippen LogP contribution in [0.3, 0.4) is 0 Å². The molecule has 0 atom stereocenters. The van der Waals surface area contributed by atoms with Crippen LogP contribution >= 0.6 is 34.7 Å². The maximum Gasteiger partial charge on any atom is 0.233 e. The molecule has 1 aromatic carbocycles. The van der Waals surface area contributed by atoms with Gasteiger partial charge in [-0.25, -0.2) is 0 Å². The lowest BCUT2D eigenvalue weighted by Gasteiger charge is -2.15. The van der Waals surface area contributed by atoms with Crippen molar-refractivity contribution in [3.05, 3.63) is 57.5 Å². The monoisotopic (exact) mass is 422 g/mol. The van der Waals surface area contributed by atoms with Crippen molar-refractivity contribution in [2.24, 2.45) is 7.05 Å². The van der Waals surface area contributed by atoms with Crippen LogP contribution < -0.4 is 4.74 Å². The minimum atomic E-state index is 0.0465. The first kappa shape index (κ1) is 19.7. The third-order valence-electron chi connectivity index (χ3n) is 3.84. The summed E-state index contributed by atoms with van der Waals surface area (Å²) in [7, 11) is 3.66. The molecule has 0 aliphatic heterocycles. The van der Waals surface area contributed by atoms with Crippen LogP contribution in [-0.2, 0) is 25.0 Å². The molecule has 0 radical (unpaired) electrons. The van der Waals surface area contributed by atoms with Gasteiger partial charge in [0.15, 0.2) is 11.0 Å². The quantitative estimate of drug-likeness (QED) is 0.516. The Kier molecular flexibility index (Phi) is 6.76. The first-order valence-corrected chi connectivity index (χ1v) is 10.4. The molecule has 0 spiro atoms. The fourth-order valence-corrected chi connectivity index (χ4v) is 4.08. The molecule has 2 aromatic heterocycles. The van der Waals surface area contributed by atoms with E-state index in [1.807, 2.05) is 48.3 Å². The molecule has 0 aliphatic carbocycles. The first-order valence-electron chi connectivity index (χ1n) is 8.19. The molecular weight excluding hydrogens is 404 g/mol. The van der Waals surface area contributed by atoms with E-state index in [1.165, 1.54) is 11.8 Å². The predicted molar refractivity (Wildman–Crippen MR) is 108 cm³/mol. The summed E-state index contributed by atoms with van der Waals surface area (Å²) >= 11 is 9.09. The lowest BCUT2D eigenvalue weighted by Crippen LogP contribution is -2.27. The highest BCUT2D eigenvalue weighted by Gasteiger charge is 2.15. The minimum Gasteiger partial charge on any atom is -0.484 e. The normalized spacial score (nSPS) is 10.8. The topological polar surface area (TPSA) is 60.3 Å². The Labute approximate surface area is 171 Å². The van der Waals surface area contributed by atoms with E-state index in [-0.39, 0.29) is 12.5 Å². The summed E-state index contributed by atoms with van der Waals surface area (Å²) in [5.74, 6) is 1.61. The van der Waals surface area contributed by atoms with Crippen LogP contribution in [0.4, 0.5) is 0 Å². The minimum absolute atomic E-state index is 0.0465. The average molecular weight is 423 g/mol. The molecule has 27 heavy (non-hydrogen) atoms. The number of para-hydroxylation sites is 1.